The van der Waals surface area contributed by atoms with E-state index in [2.05, 4.69) is 9.88 Å². The normalized spacial score (nSPS) is 14.9. The number of hydrogen-bond donors (Lipinski definition) is 1. The van der Waals surface area contributed by atoms with Gasteiger partial charge in [-0.25, -0.2) is 25.2 Å². The zero-order chi connectivity index (χ0) is 21.2. The molecule has 0 bridgehead atoms. The van der Waals surface area contributed by atoms with E-state index in [1.165, 1.54) is 31.4 Å². The Hall–Kier alpha value is -2.88. The summed E-state index contributed by atoms with van der Waals surface area (Å²) >= 11 is 1.54. The molecule has 0 aliphatic carbocycles. The summed E-state index contributed by atoms with van der Waals surface area (Å²) in [5.74, 6) is 6.51. The van der Waals surface area contributed by atoms with Crippen molar-refractivity contribution in [2.45, 2.75) is 19.3 Å². The number of likely N-dealkylation sites (tertiary alicyclic amines) is 1. The summed E-state index contributed by atoms with van der Waals surface area (Å²) in [6, 6.07) is 8.22. The molecule has 1 saturated heterocycles. The van der Waals surface area contributed by atoms with Crippen molar-refractivity contribution in [3.05, 3.63) is 53.9 Å². The Morgan fingerprint density at radius 1 is 1.06 bits per heavy atom. The number of rotatable bonds is 6. The zero-order valence-corrected chi connectivity index (χ0v) is 17.9. The molecule has 0 spiro atoms. The first-order valence-electron chi connectivity index (χ1n) is 10.5. The molecule has 9 heteroatoms. The molecule has 0 saturated carbocycles. The van der Waals surface area contributed by atoms with Gasteiger partial charge in [0.2, 0.25) is 5.95 Å². The Labute approximate surface area is 184 Å². The average molecular weight is 438 g/mol. The molecule has 31 heavy (non-hydrogen) atoms. The van der Waals surface area contributed by atoms with Crippen molar-refractivity contribution in [3.8, 4) is 22.6 Å². The van der Waals surface area contributed by atoms with Gasteiger partial charge >= 0.3 is 0 Å². The number of nitrogens with two attached hydrogens (primary N) is 1. The molecule has 2 N–H and O–H groups in total. The number of thiazole rings is 1. The van der Waals surface area contributed by atoms with Crippen LogP contribution in [0.1, 0.15) is 19.3 Å². The van der Waals surface area contributed by atoms with Crippen LogP contribution < -0.4 is 10.9 Å². The van der Waals surface area contributed by atoms with Crippen LogP contribution in [0.2, 0.25) is 0 Å². The maximum Gasteiger partial charge on any atom is 0.240 e. The predicted molar refractivity (Wildman–Crippen MR) is 121 cm³/mol. The van der Waals surface area contributed by atoms with E-state index in [0.29, 0.717) is 12.5 Å². The lowest BCUT2D eigenvalue weighted by atomic mass is 10.1. The summed E-state index contributed by atoms with van der Waals surface area (Å²) in [7, 11) is 0. The third-order valence-corrected chi connectivity index (χ3v) is 6.38. The molecular weight excluding hydrogens is 413 g/mol. The number of halogens is 1. The highest BCUT2D eigenvalue weighted by molar-refractivity contribution is 7.15. The molecule has 1 aliphatic heterocycles. The number of hydrazine groups is 1. The molecule has 1 aromatic carbocycles. The van der Waals surface area contributed by atoms with E-state index in [4.69, 9.17) is 15.8 Å². The fourth-order valence-electron chi connectivity index (χ4n) is 3.99. The molecule has 0 atom stereocenters. The van der Waals surface area contributed by atoms with Gasteiger partial charge in [-0.2, -0.15) is 0 Å². The Bertz CT molecular complexity index is 1160. The van der Waals surface area contributed by atoms with Crippen LogP contribution in [0.15, 0.2) is 48.1 Å². The summed E-state index contributed by atoms with van der Waals surface area (Å²) < 4.78 is 15.5. The molecule has 4 heterocycles. The standard InChI is InChI=1S/C22H24FN7S/c23-17-6-4-16(5-7-17)19-20(29-14-15-31-22(29)27-19)18-8-9-25-21(26-18)30(24)13-12-28-10-2-1-3-11-28/h4-9,14-15H,1-3,10-13,24H2. The summed E-state index contributed by atoms with van der Waals surface area (Å²) in [4.78, 5) is 17.2. The minimum absolute atomic E-state index is 0.275. The molecule has 7 nitrogen and oxygen atoms in total. The molecule has 4 aromatic rings. The van der Waals surface area contributed by atoms with Gasteiger partial charge in [0.1, 0.15) is 11.5 Å². The van der Waals surface area contributed by atoms with E-state index < -0.39 is 0 Å². The van der Waals surface area contributed by atoms with Crippen LogP contribution in [0.4, 0.5) is 10.3 Å². The smallest absolute Gasteiger partial charge is 0.240 e. The number of piperidine rings is 1. The summed E-state index contributed by atoms with van der Waals surface area (Å²) in [5, 5.41) is 3.59. The quantitative estimate of drug-likeness (QED) is 0.365. The van der Waals surface area contributed by atoms with Gasteiger partial charge in [0.05, 0.1) is 11.4 Å². The number of hydrogen-bond acceptors (Lipinski definition) is 7. The lowest BCUT2D eigenvalue weighted by Crippen LogP contribution is -2.41. The van der Waals surface area contributed by atoms with Gasteiger partial charge in [-0.1, -0.05) is 6.42 Å². The average Bonchev–Trinajstić information content (AvgIpc) is 3.40. The van der Waals surface area contributed by atoms with Crippen molar-refractivity contribution < 1.29 is 4.39 Å². The zero-order valence-electron chi connectivity index (χ0n) is 17.1. The molecule has 160 valence electrons. The molecule has 0 amide bonds. The van der Waals surface area contributed by atoms with Crippen LogP contribution in [0.5, 0.6) is 0 Å². The van der Waals surface area contributed by atoms with Gasteiger partial charge in [0, 0.05) is 36.4 Å². The lowest BCUT2D eigenvalue weighted by molar-refractivity contribution is 0.233. The van der Waals surface area contributed by atoms with E-state index >= 15 is 0 Å². The SMILES string of the molecule is NN(CCN1CCCCC1)c1nccc(-c2c(-c3ccc(F)cc3)nc3sccn23)n1. The fraction of sp³-hybridized carbons (Fsp3) is 0.318. The number of benzene rings is 1. The van der Waals surface area contributed by atoms with Crippen molar-refractivity contribution in [1.29, 1.82) is 0 Å². The summed E-state index contributed by atoms with van der Waals surface area (Å²) in [6.45, 7) is 3.81. The Balaban J connectivity index is 1.46. The van der Waals surface area contributed by atoms with E-state index in [-0.39, 0.29) is 5.82 Å². The van der Waals surface area contributed by atoms with Crippen molar-refractivity contribution in [2.24, 2.45) is 5.84 Å². The van der Waals surface area contributed by atoms with Gasteiger partial charge in [-0.05, 0) is 56.3 Å². The largest absolute Gasteiger partial charge is 0.302 e. The fourth-order valence-corrected chi connectivity index (χ4v) is 4.70. The summed E-state index contributed by atoms with van der Waals surface area (Å²) in [6.07, 6.45) is 7.50. The third-order valence-electron chi connectivity index (χ3n) is 5.63. The highest BCUT2D eigenvalue weighted by atomic mass is 32.1. The van der Waals surface area contributed by atoms with Crippen molar-refractivity contribution in [1.82, 2.24) is 24.3 Å². The van der Waals surface area contributed by atoms with Crippen molar-refractivity contribution in [3.63, 3.8) is 0 Å². The Morgan fingerprint density at radius 2 is 1.87 bits per heavy atom. The topological polar surface area (TPSA) is 75.6 Å². The number of aromatic nitrogens is 4. The van der Waals surface area contributed by atoms with Gasteiger partial charge < -0.3 is 4.90 Å². The minimum Gasteiger partial charge on any atom is -0.302 e. The molecule has 0 unspecified atom stereocenters. The van der Waals surface area contributed by atoms with Crippen LogP contribution in [-0.2, 0) is 0 Å². The molecular formula is C22H24FN7S. The molecule has 0 radical (unpaired) electrons. The number of anilines is 1. The van der Waals surface area contributed by atoms with Gasteiger partial charge in [-0.15, -0.1) is 11.3 Å². The molecule has 1 fully saturated rings. The van der Waals surface area contributed by atoms with Crippen LogP contribution >= 0.6 is 11.3 Å². The predicted octanol–water partition coefficient (Wildman–Crippen LogP) is 3.82. The molecule has 3 aromatic heterocycles. The maximum absolute atomic E-state index is 13.5. The van der Waals surface area contributed by atoms with E-state index in [1.54, 1.807) is 34.7 Å². The number of nitrogens with zero attached hydrogens (tertiary/aromatic N) is 6. The van der Waals surface area contributed by atoms with Crippen LogP contribution in [-0.4, -0.2) is 50.4 Å². The lowest BCUT2D eigenvalue weighted by Gasteiger charge is -2.28. The monoisotopic (exact) mass is 437 g/mol. The second-order valence-corrected chi connectivity index (χ2v) is 8.58. The van der Waals surface area contributed by atoms with Gasteiger partial charge in [-0.3, -0.25) is 9.41 Å². The highest BCUT2D eigenvalue weighted by Crippen LogP contribution is 2.33. The first kappa shape index (κ1) is 20.0. The van der Waals surface area contributed by atoms with Crippen LogP contribution in [0.25, 0.3) is 27.6 Å². The van der Waals surface area contributed by atoms with Gasteiger partial charge in [0.25, 0.3) is 0 Å². The number of imidazole rings is 1. The number of fused-ring (bicyclic) bond motifs is 1. The minimum atomic E-state index is -0.275. The first-order chi connectivity index (χ1) is 15.2. The highest BCUT2D eigenvalue weighted by Gasteiger charge is 2.19. The van der Waals surface area contributed by atoms with Gasteiger partial charge in [0.15, 0.2) is 4.96 Å². The third kappa shape index (κ3) is 4.16. The molecule has 1 aliphatic rings. The van der Waals surface area contributed by atoms with Crippen LogP contribution in [0, 0.1) is 5.82 Å². The van der Waals surface area contributed by atoms with Crippen molar-refractivity contribution in [2.75, 3.05) is 31.2 Å². The Morgan fingerprint density at radius 3 is 2.68 bits per heavy atom. The molecule has 5 rings (SSSR count). The maximum atomic E-state index is 13.5. The van der Waals surface area contributed by atoms with E-state index in [9.17, 15) is 4.39 Å². The van der Waals surface area contributed by atoms with E-state index in [1.807, 2.05) is 22.0 Å². The Kier molecular flexibility index (Phi) is 5.63. The second kappa shape index (κ2) is 8.70. The summed E-state index contributed by atoms with van der Waals surface area (Å²) in [5.41, 5.74) is 3.16. The van der Waals surface area contributed by atoms with Crippen LogP contribution in [0.3, 0.4) is 0 Å². The van der Waals surface area contributed by atoms with Crippen molar-refractivity contribution >= 4 is 22.2 Å². The van der Waals surface area contributed by atoms with E-state index in [0.717, 1.165) is 47.2 Å². The first-order valence-corrected chi connectivity index (χ1v) is 11.4. The second-order valence-electron chi connectivity index (χ2n) is 7.71.